The molecule has 4 heteroatoms. The highest BCUT2D eigenvalue weighted by Crippen LogP contribution is 2.34. The lowest BCUT2D eigenvalue weighted by molar-refractivity contribution is -0.137. The van der Waals surface area contributed by atoms with Crippen molar-refractivity contribution in [3.63, 3.8) is 0 Å². The van der Waals surface area contributed by atoms with Gasteiger partial charge in [-0.25, -0.2) is 0 Å². The molecule has 2 unspecified atom stereocenters. The van der Waals surface area contributed by atoms with Crippen LogP contribution in [0.5, 0.6) is 0 Å². The van der Waals surface area contributed by atoms with Gasteiger partial charge in [-0.3, -0.25) is 4.79 Å². The lowest BCUT2D eigenvalue weighted by atomic mass is 9.93. The van der Waals surface area contributed by atoms with E-state index in [9.17, 15) is 4.79 Å². The molecule has 1 amide bonds. The van der Waals surface area contributed by atoms with E-state index in [1.54, 1.807) is 11.3 Å². The molecule has 0 fully saturated rings. The molecule has 1 aliphatic heterocycles. The smallest absolute Gasteiger partial charge is 0.240 e. The monoisotopic (exact) mass is 262 g/mol. The second kappa shape index (κ2) is 5.11. The van der Waals surface area contributed by atoms with Gasteiger partial charge in [-0.1, -0.05) is 13.8 Å². The number of rotatable bonds is 2. The van der Waals surface area contributed by atoms with Crippen molar-refractivity contribution < 1.29 is 4.79 Å². The molecule has 2 atom stereocenters. The van der Waals surface area contributed by atoms with Gasteiger partial charge >= 0.3 is 0 Å². The summed E-state index contributed by atoms with van der Waals surface area (Å²) < 4.78 is 0. The molecule has 0 saturated heterocycles. The van der Waals surface area contributed by atoms with E-state index in [2.05, 4.69) is 24.4 Å². The lowest BCUT2D eigenvalue weighted by Crippen LogP contribution is -2.42. The van der Waals surface area contributed by atoms with Gasteiger partial charge in [0.05, 0.1) is 12.1 Å². The number of thiophene rings is 1. The third kappa shape index (κ3) is 2.15. The van der Waals surface area contributed by atoms with Crippen LogP contribution in [0.1, 0.15) is 37.3 Å². The number of nitriles is 1. The fourth-order valence-corrected chi connectivity index (χ4v) is 3.44. The molecule has 2 rings (SSSR count). The number of hydrogen-bond acceptors (Lipinski definition) is 3. The maximum Gasteiger partial charge on any atom is 0.240 e. The molecule has 96 valence electrons. The van der Waals surface area contributed by atoms with Crippen molar-refractivity contribution >= 4 is 17.2 Å². The Labute approximate surface area is 112 Å². The summed E-state index contributed by atoms with van der Waals surface area (Å²) in [6.07, 6.45) is 0.916. The van der Waals surface area contributed by atoms with Crippen LogP contribution in [-0.4, -0.2) is 17.4 Å². The minimum atomic E-state index is -0.521. The molecule has 1 aliphatic rings. The Morgan fingerprint density at radius 2 is 2.33 bits per heavy atom. The van der Waals surface area contributed by atoms with E-state index in [0.29, 0.717) is 0 Å². The summed E-state index contributed by atoms with van der Waals surface area (Å²) in [5.41, 5.74) is 1.25. The van der Waals surface area contributed by atoms with Gasteiger partial charge in [-0.2, -0.15) is 5.26 Å². The zero-order valence-electron chi connectivity index (χ0n) is 11.0. The zero-order valence-corrected chi connectivity index (χ0v) is 11.8. The van der Waals surface area contributed by atoms with Crippen LogP contribution in [0.15, 0.2) is 11.4 Å². The van der Waals surface area contributed by atoms with Crippen LogP contribution < -0.4 is 0 Å². The van der Waals surface area contributed by atoms with E-state index in [1.807, 2.05) is 18.7 Å². The van der Waals surface area contributed by atoms with Crippen molar-refractivity contribution in [3.8, 4) is 6.07 Å². The number of fused-ring (bicyclic) bond motifs is 1. The normalized spacial score (nSPS) is 20.4. The van der Waals surface area contributed by atoms with Gasteiger partial charge in [0.2, 0.25) is 5.91 Å². The summed E-state index contributed by atoms with van der Waals surface area (Å²) in [6.45, 7) is 6.64. The first-order valence-corrected chi connectivity index (χ1v) is 7.20. The summed E-state index contributed by atoms with van der Waals surface area (Å²) >= 11 is 1.76. The highest BCUT2D eigenvalue weighted by atomic mass is 32.1. The molecule has 3 nitrogen and oxygen atoms in total. The number of amides is 1. The molecule has 0 radical (unpaired) electrons. The van der Waals surface area contributed by atoms with Crippen LogP contribution in [0.2, 0.25) is 0 Å². The average molecular weight is 262 g/mol. The Balaban J connectivity index is 2.21. The van der Waals surface area contributed by atoms with Crippen LogP contribution in [-0.2, 0) is 11.2 Å². The molecule has 1 aromatic heterocycles. The number of carbonyl (C=O) groups is 1. The fourth-order valence-electron chi connectivity index (χ4n) is 2.48. The first-order chi connectivity index (χ1) is 8.56. The van der Waals surface area contributed by atoms with E-state index in [-0.39, 0.29) is 17.9 Å². The molecule has 0 bridgehead atoms. The summed E-state index contributed by atoms with van der Waals surface area (Å²) in [7, 11) is 0. The Hall–Kier alpha value is -1.34. The predicted molar refractivity (Wildman–Crippen MR) is 72.1 cm³/mol. The third-order valence-electron chi connectivity index (χ3n) is 3.63. The highest BCUT2D eigenvalue weighted by molar-refractivity contribution is 7.10. The molecule has 0 aliphatic carbocycles. The molecular formula is C14H18N2OS. The Morgan fingerprint density at radius 1 is 1.61 bits per heavy atom. The molecule has 1 aromatic rings. The number of carbonyl (C=O) groups excluding carboxylic acids is 1. The molecule has 0 saturated carbocycles. The van der Waals surface area contributed by atoms with E-state index in [4.69, 9.17) is 5.26 Å². The lowest BCUT2D eigenvalue weighted by Gasteiger charge is -2.35. The van der Waals surface area contributed by atoms with Crippen LogP contribution >= 0.6 is 11.3 Å². The molecule has 2 heterocycles. The largest absolute Gasteiger partial charge is 0.334 e. The third-order valence-corrected chi connectivity index (χ3v) is 4.63. The van der Waals surface area contributed by atoms with Crippen molar-refractivity contribution in [2.45, 2.75) is 33.2 Å². The van der Waals surface area contributed by atoms with E-state index < -0.39 is 5.92 Å². The standard InChI is InChI=1S/C14H18N2OS/c1-9(2)12(8-15)14(17)16-6-4-13-11(10(16)3)5-7-18-13/h5,7,9-10,12H,4,6H2,1-3H3. The fraction of sp³-hybridized carbons (Fsp3) is 0.571. The molecule has 0 spiro atoms. The van der Waals surface area contributed by atoms with Gasteiger partial charge < -0.3 is 4.90 Å². The molecule has 0 aromatic carbocycles. The van der Waals surface area contributed by atoms with E-state index >= 15 is 0 Å². The van der Waals surface area contributed by atoms with Crippen LogP contribution in [0.3, 0.4) is 0 Å². The van der Waals surface area contributed by atoms with E-state index in [1.165, 1.54) is 10.4 Å². The maximum atomic E-state index is 12.4. The van der Waals surface area contributed by atoms with Gasteiger partial charge in [0.25, 0.3) is 0 Å². The quantitative estimate of drug-likeness (QED) is 0.822. The minimum absolute atomic E-state index is 0.0168. The van der Waals surface area contributed by atoms with Gasteiger partial charge in [0.1, 0.15) is 5.92 Å². The summed E-state index contributed by atoms with van der Waals surface area (Å²) in [5, 5.41) is 11.2. The Bertz CT molecular complexity index is 486. The second-order valence-corrected chi connectivity index (χ2v) is 6.11. The average Bonchev–Trinajstić information content (AvgIpc) is 2.78. The molecule has 18 heavy (non-hydrogen) atoms. The summed E-state index contributed by atoms with van der Waals surface area (Å²) in [4.78, 5) is 15.7. The van der Waals surface area contributed by atoms with Crippen LogP contribution in [0.25, 0.3) is 0 Å². The minimum Gasteiger partial charge on any atom is -0.334 e. The van der Waals surface area contributed by atoms with E-state index in [0.717, 1.165) is 13.0 Å². The number of nitrogens with zero attached hydrogens (tertiary/aromatic N) is 2. The van der Waals surface area contributed by atoms with Gasteiger partial charge in [0, 0.05) is 11.4 Å². The Morgan fingerprint density at radius 3 is 2.94 bits per heavy atom. The maximum absolute atomic E-state index is 12.4. The highest BCUT2D eigenvalue weighted by Gasteiger charge is 2.33. The van der Waals surface area contributed by atoms with Gasteiger partial charge in [-0.05, 0) is 36.3 Å². The number of hydrogen-bond donors (Lipinski definition) is 0. The second-order valence-electron chi connectivity index (χ2n) is 5.11. The van der Waals surface area contributed by atoms with Crippen molar-refractivity contribution in [1.82, 2.24) is 4.90 Å². The Kier molecular flexibility index (Phi) is 3.72. The van der Waals surface area contributed by atoms with Gasteiger partial charge in [0.15, 0.2) is 0 Å². The SMILES string of the molecule is CC(C)C(C#N)C(=O)N1CCc2sccc2C1C. The topological polar surface area (TPSA) is 44.1 Å². The van der Waals surface area contributed by atoms with Crippen molar-refractivity contribution in [2.75, 3.05) is 6.54 Å². The zero-order chi connectivity index (χ0) is 13.3. The van der Waals surface area contributed by atoms with Crippen LogP contribution in [0, 0.1) is 23.2 Å². The van der Waals surface area contributed by atoms with Crippen molar-refractivity contribution in [2.24, 2.45) is 11.8 Å². The summed E-state index contributed by atoms with van der Waals surface area (Å²) in [5.74, 6) is -0.469. The van der Waals surface area contributed by atoms with Crippen molar-refractivity contribution in [3.05, 3.63) is 21.9 Å². The van der Waals surface area contributed by atoms with Gasteiger partial charge in [-0.15, -0.1) is 11.3 Å². The predicted octanol–water partition coefficient (Wildman–Crippen LogP) is 2.99. The van der Waals surface area contributed by atoms with Crippen LogP contribution in [0.4, 0.5) is 0 Å². The first kappa shape index (κ1) is 13.1. The first-order valence-electron chi connectivity index (χ1n) is 6.32. The molecular weight excluding hydrogens is 244 g/mol. The molecule has 0 N–H and O–H groups in total. The van der Waals surface area contributed by atoms with Crippen molar-refractivity contribution in [1.29, 1.82) is 5.26 Å². The summed E-state index contributed by atoms with van der Waals surface area (Å²) in [6, 6.07) is 4.35.